The van der Waals surface area contributed by atoms with Crippen LogP contribution >= 0.6 is 23.2 Å². The van der Waals surface area contributed by atoms with Crippen LogP contribution < -0.4 is 20.8 Å². The molecule has 2 N–H and O–H groups in total. The molecule has 3 aromatic rings. The van der Waals surface area contributed by atoms with Crippen molar-refractivity contribution in [2.75, 3.05) is 13.7 Å². The summed E-state index contributed by atoms with van der Waals surface area (Å²) in [6, 6.07) is 15.7. The number of benzene rings is 2. The van der Waals surface area contributed by atoms with E-state index in [1.165, 1.54) is 0 Å². The van der Waals surface area contributed by atoms with E-state index in [4.69, 9.17) is 42.2 Å². The van der Waals surface area contributed by atoms with Crippen LogP contribution in [-0.2, 0) is 20.6 Å². The molecule has 40 heavy (non-hydrogen) atoms. The van der Waals surface area contributed by atoms with E-state index in [0.717, 1.165) is 34.1 Å². The summed E-state index contributed by atoms with van der Waals surface area (Å²) in [5.74, 6) is 0.623. The standard InChI is InChI=1S/C30H34BCl2N3O4/c1-29(2)30(3,4)40-31(39-29)23-11-7-9-21(27(23)33)20-8-6-10-22(26(20)32)24-14-12-18(28(36-24)38-5)16-34-17-19-13-15-25(37)35-19/h6-12,14,19,34H,13,15-17H2,1-5H3,(H,35,37)/t19-/m0/s1. The fourth-order valence-corrected chi connectivity index (χ4v) is 5.63. The van der Waals surface area contributed by atoms with Crippen LogP contribution in [0, 0.1) is 0 Å². The number of rotatable bonds is 8. The maximum absolute atomic E-state index is 11.4. The van der Waals surface area contributed by atoms with Gasteiger partial charge in [-0.3, -0.25) is 4.79 Å². The van der Waals surface area contributed by atoms with Gasteiger partial charge in [0.1, 0.15) is 0 Å². The minimum atomic E-state index is -0.587. The molecule has 10 heteroatoms. The summed E-state index contributed by atoms with van der Waals surface area (Å²) in [7, 11) is 1.02. The van der Waals surface area contributed by atoms with Crippen LogP contribution in [0.1, 0.15) is 46.1 Å². The van der Waals surface area contributed by atoms with Gasteiger partial charge in [0, 0.05) is 58.3 Å². The van der Waals surface area contributed by atoms with E-state index in [-0.39, 0.29) is 11.9 Å². The average Bonchev–Trinajstić information content (AvgIpc) is 3.42. The number of methoxy groups -OCH3 is 1. The fourth-order valence-electron chi connectivity index (χ4n) is 4.99. The monoisotopic (exact) mass is 581 g/mol. The van der Waals surface area contributed by atoms with Crippen LogP contribution in [0.3, 0.4) is 0 Å². The SMILES string of the molecule is COc1nc(-c2cccc(-c3cccc(B4OC(C)(C)C(C)(C)O4)c3Cl)c2Cl)ccc1CNC[C@@H]1CCC(=O)N1. The Kier molecular flexibility index (Phi) is 8.19. The van der Waals surface area contributed by atoms with E-state index in [1.54, 1.807) is 7.11 Å². The maximum atomic E-state index is 11.4. The van der Waals surface area contributed by atoms with Crippen LogP contribution in [0.25, 0.3) is 22.4 Å². The lowest BCUT2D eigenvalue weighted by Gasteiger charge is -2.32. The number of carbonyl (C=O) groups excluding carboxylic acids is 1. The molecule has 0 aliphatic carbocycles. The number of ether oxygens (including phenoxy) is 1. The summed E-state index contributed by atoms with van der Waals surface area (Å²) in [5, 5.41) is 7.43. The van der Waals surface area contributed by atoms with Crippen molar-refractivity contribution in [1.82, 2.24) is 15.6 Å². The molecule has 1 aromatic heterocycles. The normalized spacial score (nSPS) is 19.6. The molecule has 2 aliphatic rings. The number of carbonyl (C=O) groups is 1. The van der Waals surface area contributed by atoms with Crippen LogP contribution in [0.15, 0.2) is 48.5 Å². The lowest BCUT2D eigenvalue weighted by Crippen LogP contribution is -2.41. The molecule has 2 aliphatic heterocycles. The van der Waals surface area contributed by atoms with Gasteiger partial charge in [0.05, 0.1) is 29.0 Å². The van der Waals surface area contributed by atoms with E-state index in [9.17, 15) is 4.79 Å². The molecule has 0 radical (unpaired) electrons. The highest BCUT2D eigenvalue weighted by molar-refractivity contribution is 6.66. The second-order valence-electron chi connectivity index (χ2n) is 11.3. The van der Waals surface area contributed by atoms with E-state index < -0.39 is 18.3 Å². The predicted molar refractivity (Wildman–Crippen MR) is 160 cm³/mol. The van der Waals surface area contributed by atoms with Crippen LogP contribution in [0.4, 0.5) is 0 Å². The van der Waals surface area contributed by atoms with Crippen molar-refractivity contribution in [3.63, 3.8) is 0 Å². The summed E-state index contributed by atoms with van der Waals surface area (Å²) in [6.45, 7) is 9.32. The van der Waals surface area contributed by atoms with E-state index in [2.05, 4.69) is 10.6 Å². The second-order valence-corrected chi connectivity index (χ2v) is 12.0. The Morgan fingerprint density at radius 1 is 1.00 bits per heavy atom. The molecule has 7 nitrogen and oxygen atoms in total. The number of aromatic nitrogens is 1. The smallest absolute Gasteiger partial charge is 0.481 e. The molecule has 0 unspecified atom stereocenters. The molecule has 3 heterocycles. The summed E-state index contributed by atoms with van der Waals surface area (Å²) in [6.07, 6.45) is 1.43. The van der Waals surface area contributed by atoms with Gasteiger partial charge in [-0.2, -0.15) is 0 Å². The molecular formula is C30H34BCl2N3O4. The third-order valence-electron chi connectivity index (χ3n) is 8.02. The third kappa shape index (κ3) is 5.61. The Labute approximate surface area is 246 Å². The Balaban J connectivity index is 1.40. The number of pyridine rings is 1. The van der Waals surface area contributed by atoms with Gasteiger partial charge in [-0.05, 0) is 40.2 Å². The first-order valence-corrected chi connectivity index (χ1v) is 14.2. The molecule has 0 spiro atoms. The van der Waals surface area contributed by atoms with Crippen LogP contribution in [0.2, 0.25) is 10.0 Å². The largest absolute Gasteiger partial charge is 0.496 e. The zero-order valence-corrected chi connectivity index (χ0v) is 24.9. The minimum Gasteiger partial charge on any atom is -0.481 e. The van der Waals surface area contributed by atoms with E-state index in [1.807, 2.05) is 76.2 Å². The maximum Gasteiger partial charge on any atom is 0.496 e. The highest BCUT2D eigenvalue weighted by atomic mass is 35.5. The van der Waals surface area contributed by atoms with Gasteiger partial charge in [0.25, 0.3) is 0 Å². The highest BCUT2D eigenvalue weighted by Gasteiger charge is 2.52. The zero-order chi connectivity index (χ0) is 28.7. The van der Waals surface area contributed by atoms with Crippen molar-refractivity contribution in [3.05, 3.63) is 64.1 Å². The molecular weight excluding hydrogens is 548 g/mol. The highest BCUT2D eigenvalue weighted by Crippen LogP contribution is 2.41. The van der Waals surface area contributed by atoms with Crippen molar-refractivity contribution in [2.24, 2.45) is 0 Å². The molecule has 2 saturated heterocycles. The number of nitrogens with zero attached hydrogens (tertiary/aromatic N) is 1. The Hall–Kier alpha value is -2.62. The quantitative estimate of drug-likeness (QED) is 0.347. The molecule has 0 saturated carbocycles. The molecule has 2 fully saturated rings. The minimum absolute atomic E-state index is 0.107. The van der Waals surface area contributed by atoms with Crippen molar-refractivity contribution in [3.8, 4) is 28.3 Å². The number of nitrogens with one attached hydrogen (secondary N) is 2. The fraction of sp³-hybridized carbons (Fsp3) is 0.400. The first-order chi connectivity index (χ1) is 19.0. The Morgan fingerprint density at radius 3 is 2.30 bits per heavy atom. The summed E-state index contributed by atoms with van der Waals surface area (Å²) in [4.78, 5) is 16.2. The van der Waals surface area contributed by atoms with Gasteiger partial charge >= 0.3 is 7.12 Å². The summed E-state index contributed by atoms with van der Waals surface area (Å²) < 4.78 is 18.1. The van der Waals surface area contributed by atoms with Crippen LogP contribution in [0.5, 0.6) is 5.88 Å². The number of amides is 1. The summed E-state index contributed by atoms with van der Waals surface area (Å²) in [5.41, 5.74) is 3.74. The summed E-state index contributed by atoms with van der Waals surface area (Å²) >= 11 is 14.0. The molecule has 1 amide bonds. The number of halogens is 2. The van der Waals surface area contributed by atoms with Gasteiger partial charge in [-0.1, -0.05) is 65.7 Å². The van der Waals surface area contributed by atoms with E-state index in [0.29, 0.717) is 41.1 Å². The molecule has 5 rings (SSSR count). The first-order valence-electron chi connectivity index (χ1n) is 13.5. The van der Waals surface area contributed by atoms with Crippen molar-refractivity contribution >= 4 is 41.7 Å². The molecule has 0 bridgehead atoms. The van der Waals surface area contributed by atoms with Gasteiger partial charge in [-0.15, -0.1) is 0 Å². The van der Waals surface area contributed by atoms with Gasteiger partial charge in [0.15, 0.2) is 0 Å². The molecule has 1 atom stereocenters. The van der Waals surface area contributed by atoms with Gasteiger partial charge in [0.2, 0.25) is 11.8 Å². The topological polar surface area (TPSA) is 81.7 Å². The van der Waals surface area contributed by atoms with Gasteiger partial charge < -0.3 is 24.7 Å². The average molecular weight is 582 g/mol. The van der Waals surface area contributed by atoms with Crippen molar-refractivity contribution in [1.29, 1.82) is 0 Å². The van der Waals surface area contributed by atoms with Crippen molar-refractivity contribution in [2.45, 2.75) is 64.3 Å². The van der Waals surface area contributed by atoms with E-state index >= 15 is 0 Å². The second kappa shape index (κ2) is 11.3. The number of hydrogen-bond acceptors (Lipinski definition) is 6. The van der Waals surface area contributed by atoms with Crippen molar-refractivity contribution < 1.29 is 18.8 Å². The Morgan fingerprint density at radius 2 is 1.65 bits per heavy atom. The zero-order valence-electron chi connectivity index (χ0n) is 23.4. The molecule has 2 aromatic carbocycles. The van der Waals surface area contributed by atoms with Gasteiger partial charge in [-0.25, -0.2) is 4.98 Å². The first kappa shape index (κ1) is 28.9. The Bertz CT molecular complexity index is 1420. The molecule has 210 valence electrons. The van der Waals surface area contributed by atoms with Crippen LogP contribution in [-0.4, -0.2) is 48.9 Å². The third-order valence-corrected chi connectivity index (χ3v) is 8.85. The lowest BCUT2D eigenvalue weighted by atomic mass is 9.77. The lowest BCUT2D eigenvalue weighted by molar-refractivity contribution is -0.119. The predicted octanol–water partition coefficient (Wildman–Crippen LogP) is 5.40. The number of hydrogen-bond donors (Lipinski definition) is 2.